The summed E-state index contributed by atoms with van der Waals surface area (Å²) in [6.45, 7) is 0. The number of benzene rings is 2. The summed E-state index contributed by atoms with van der Waals surface area (Å²) in [4.78, 5) is 11.4. The molecule has 0 saturated heterocycles. The van der Waals surface area contributed by atoms with E-state index in [2.05, 4.69) is 49.9 Å². The Balaban J connectivity index is 2.20. The van der Waals surface area contributed by atoms with Crippen molar-refractivity contribution in [2.45, 2.75) is 0 Å². The fourth-order valence-electron chi connectivity index (χ4n) is 1.70. The van der Waals surface area contributed by atoms with Gasteiger partial charge in [0.1, 0.15) is 17.2 Å². The largest absolute Gasteiger partial charge is 0.495 e. The number of halogens is 2. The zero-order valence-electron chi connectivity index (χ0n) is 11.4. The first-order valence-corrected chi connectivity index (χ1v) is 8.10. The molecule has 0 aliphatic carbocycles. The lowest BCUT2D eigenvalue weighted by Crippen LogP contribution is -2.00. The number of carbonyl (C=O) groups is 1. The SMILES string of the molecule is COC(=O)c1ccc(Oc2cc(I)c(OC)c(I)c2)cc1. The molecule has 0 aliphatic heterocycles. The Morgan fingerprint density at radius 3 is 2.00 bits per heavy atom. The van der Waals surface area contributed by atoms with Crippen LogP contribution >= 0.6 is 45.2 Å². The minimum atomic E-state index is -0.366. The molecule has 21 heavy (non-hydrogen) atoms. The summed E-state index contributed by atoms with van der Waals surface area (Å²) in [5.74, 6) is 1.84. The Morgan fingerprint density at radius 2 is 1.52 bits per heavy atom. The highest BCUT2D eigenvalue weighted by Crippen LogP contribution is 2.33. The van der Waals surface area contributed by atoms with Crippen molar-refractivity contribution in [1.29, 1.82) is 0 Å². The minimum absolute atomic E-state index is 0.366. The van der Waals surface area contributed by atoms with Gasteiger partial charge >= 0.3 is 5.97 Å². The van der Waals surface area contributed by atoms with Crippen molar-refractivity contribution >= 4 is 51.2 Å². The van der Waals surface area contributed by atoms with Crippen LogP contribution in [0.2, 0.25) is 0 Å². The van der Waals surface area contributed by atoms with Crippen molar-refractivity contribution in [1.82, 2.24) is 0 Å². The fourth-order valence-corrected chi connectivity index (χ4v) is 3.85. The molecule has 2 aromatic rings. The molecule has 0 fully saturated rings. The molecule has 0 N–H and O–H groups in total. The number of hydrogen-bond donors (Lipinski definition) is 0. The molecule has 0 unspecified atom stereocenters. The maximum Gasteiger partial charge on any atom is 0.337 e. The number of methoxy groups -OCH3 is 2. The monoisotopic (exact) mass is 510 g/mol. The maximum atomic E-state index is 11.4. The van der Waals surface area contributed by atoms with Gasteiger partial charge in [0.25, 0.3) is 0 Å². The van der Waals surface area contributed by atoms with Gasteiger partial charge in [-0.05, 0) is 81.6 Å². The first kappa shape index (κ1) is 16.3. The Morgan fingerprint density at radius 1 is 0.952 bits per heavy atom. The normalized spacial score (nSPS) is 10.1. The van der Waals surface area contributed by atoms with Crippen LogP contribution in [0.5, 0.6) is 17.2 Å². The van der Waals surface area contributed by atoms with Crippen molar-refractivity contribution in [3.05, 3.63) is 49.1 Å². The molecule has 0 aliphatic rings. The summed E-state index contributed by atoms with van der Waals surface area (Å²) in [5.41, 5.74) is 0.490. The van der Waals surface area contributed by atoms with Gasteiger partial charge in [-0.25, -0.2) is 4.79 Å². The zero-order chi connectivity index (χ0) is 15.4. The quantitative estimate of drug-likeness (QED) is 0.450. The van der Waals surface area contributed by atoms with E-state index in [0.29, 0.717) is 11.3 Å². The maximum absolute atomic E-state index is 11.4. The molecule has 0 amide bonds. The summed E-state index contributed by atoms with van der Waals surface area (Å²) in [6.07, 6.45) is 0. The van der Waals surface area contributed by atoms with Crippen molar-refractivity contribution in [3.8, 4) is 17.2 Å². The lowest BCUT2D eigenvalue weighted by atomic mass is 10.2. The molecule has 0 radical (unpaired) electrons. The summed E-state index contributed by atoms with van der Waals surface area (Å²) in [5, 5.41) is 0. The molecule has 0 spiro atoms. The summed E-state index contributed by atoms with van der Waals surface area (Å²) < 4.78 is 17.7. The van der Waals surface area contributed by atoms with Crippen molar-refractivity contribution in [3.63, 3.8) is 0 Å². The molecule has 2 aromatic carbocycles. The fraction of sp³-hybridized carbons (Fsp3) is 0.133. The molecule has 0 heterocycles. The van der Waals surface area contributed by atoms with Crippen LogP contribution in [0.4, 0.5) is 0 Å². The van der Waals surface area contributed by atoms with Crippen LogP contribution in [0, 0.1) is 7.14 Å². The number of hydrogen-bond acceptors (Lipinski definition) is 4. The summed E-state index contributed by atoms with van der Waals surface area (Å²) in [6, 6.07) is 10.6. The highest BCUT2D eigenvalue weighted by Gasteiger charge is 2.10. The van der Waals surface area contributed by atoms with Gasteiger partial charge in [0.15, 0.2) is 0 Å². The first-order chi connectivity index (χ1) is 10.0. The van der Waals surface area contributed by atoms with Crippen LogP contribution in [-0.2, 0) is 4.74 Å². The zero-order valence-corrected chi connectivity index (χ0v) is 15.7. The average Bonchev–Trinajstić information content (AvgIpc) is 2.47. The van der Waals surface area contributed by atoms with Gasteiger partial charge in [0, 0.05) is 0 Å². The second kappa shape index (κ2) is 7.30. The molecule has 2 rings (SSSR count). The van der Waals surface area contributed by atoms with E-state index in [4.69, 9.17) is 9.47 Å². The molecule has 0 aromatic heterocycles. The van der Waals surface area contributed by atoms with Gasteiger partial charge in [-0.1, -0.05) is 0 Å². The standard InChI is InChI=1S/C15H12I2O4/c1-19-14-12(16)7-11(8-13(14)17)21-10-5-3-9(4-6-10)15(18)20-2/h3-8H,1-2H3. The van der Waals surface area contributed by atoms with Gasteiger partial charge in [-0.15, -0.1) is 0 Å². The third kappa shape index (κ3) is 4.00. The molecule has 4 nitrogen and oxygen atoms in total. The van der Waals surface area contributed by atoms with Crippen LogP contribution in [0.25, 0.3) is 0 Å². The highest BCUT2D eigenvalue weighted by atomic mass is 127. The van der Waals surface area contributed by atoms with E-state index in [1.54, 1.807) is 31.4 Å². The Kier molecular flexibility index (Phi) is 5.68. The van der Waals surface area contributed by atoms with Crippen LogP contribution in [0.3, 0.4) is 0 Å². The van der Waals surface area contributed by atoms with Gasteiger partial charge in [-0.3, -0.25) is 0 Å². The number of ether oxygens (including phenoxy) is 3. The Hall–Kier alpha value is -1.03. The van der Waals surface area contributed by atoms with Crippen LogP contribution in [0.15, 0.2) is 36.4 Å². The van der Waals surface area contributed by atoms with Gasteiger partial charge < -0.3 is 14.2 Å². The van der Waals surface area contributed by atoms with E-state index >= 15 is 0 Å². The second-order valence-corrected chi connectivity index (χ2v) is 6.36. The number of esters is 1. The minimum Gasteiger partial charge on any atom is -0.495 e. The molecular formula is C15H12I2O4. The molecule has 0 atom stereocenters. The van der Waals surface area contributed by atoms with E-state index in [0.717, 1.165) is 18.6 Å². The van der Waals surface area contributed by atoms with Crippen LogP contribution in [-0.4, -0.2) is 20.2 Å². The second-order valence-electron chi connectivity index (χ2n) is 4.04. The molecule has 0 bridgehead atoms. The smallest absolute Gasteiger partial charge is 0.337 e. The average molecular weight is 510 g/mol. The van der Waals surface area contributed by atoms with Crippen molar-refractivity contribution < 1.29 is 19.0 Å². The van der Waals surface area contributed by atoms with E-state index in [1.807, 2.05) is 12.1 Å². The van der Waals surface area contributed by atoms with E-state index in [1.165, 1.54) is 7.11 Å². The van der Waals surface area contributed by atoms with Crippen LogP contribution in [0.1, 0.15) is 10.4 Å². The van der Waals surface area contributed by atoms with Gasteiger partial charge in [0.2, 0.25) is 0 Å². The van der Waals surface area contributed by atoms with E-state index in [-0.39, 0.29) is 5.97 Å². The summed E-state index contributed by atoms with van der Waals surface area (Å²) >= 11 is 4.40. The Bertz CT molecular complexity index is 630. The lowest BCUT2D eigenvalue weighted by Gasteiger charge is -2.11. The van der Waals surface area contributed by atoms with Crippen molar-refractivity contribution in [2.24, 2.45) is 0 Å². The Labute approximate surface area is 150 Å². The molecule has 110 valence electrons. The number of rotatable bonds is 4. The van der Waals surface area contributed by atoms with Crippen LogP contribution < -0.4 is 9.47 Å². The van der Waals surface area contributed by atoms with E-state index < -0.39 is 0 Å². The highest BCUT2D eigenvalue weighted by molar-refractivity contribution is 14.1. The topological polar surface area (TPSA) is 44.8 Å². The van der Waals surface area contributed by atoms with Gasteiger partial charge in [0.05, 0.1) is 26.9 Å². The van der Waals surface area contributed by atoms with Crippen molar-refractivity contribution in [2.75, 3.05) is 14.2 Å². The third-order valence-corrected chi connectivity index (χ3v) is 4.29. The van der Waals surface area contributed by atoms with E-state index in [9.17, 15) is 4.79 Å². The lowest BCUT2D eigenvalue weighted by molar-refractivity contribution is 0.0600. The molecule has 6 heteroatoms. The predicted octanol–water partition coefficient (Wildman–Crippen LogP) is 4.48. The predicted molar refractivity (Wildman–Crippen MR) is 96.3 cm³/mol. The first-order valence-electron chi connectivity index (χ1n) is 5.94. The molecule has 0 saturated carbocycles. The van der Waals surface area contributed by atoms with Gasteiger partial charge in [-0.2, -0.15) is 0 Å². The third-order valence-electron chi connectivity index (χ3n) is 2.69. The molecular weight excluding hydrogens is 498 g/mol. The summed E-state index contributed by atoms with van der Waals surface area (Å²) in [7, 11) is 3.00. The number of carbonyl (C=O) groups excluding carboxylic acids is 1.